The van der Waals surface area contributed by atoms with E-state index in [1.165, 1.54) is 12.8 Å². The number of ketones is 1. The van der Waals surface area contributed by atoms with E-state index in [1.807, 2.05) is 6.08 Å². The third kappa shape index (κ3) is 2.06. The van der Waals surface area contributed by atoms with Crippen molar-refractivity contribution in [2.24, 2.45) is 5.92 Å². The SMILES string of the molecule is C=CCCC(=O)C1CC2CCC(C1)N2. The summed E-state index contributed by atoms with van der Waals surface area (Å²) in [5.74, 6) is 0.803. The van der Waals surface area contributed by atoms with Crippen LogP contribution in [0.15, 0.2) is 12.7 Å². The van der Waals surface area contributed by atoms with Crippen LogP contribution in [0.4, 0.5) is 0 Å². The lowest BCUT2D eigenvalue weighted by atomic mass is 9.87. The molecular formula is C12H19NO. The molecule has 0 radical (unpaired) electrons. The number of hydrogen-bond acceptors (Lipinski definition) is 2. The first kappa shape index (κ1) is 9.91. The number of nitrogens with one attached hydrogen (secondary N) is 1. The van der Waals surface area contributed by atoms with E-state index >= 15 is 0 Å². The Kier molecular flexibility index (Phi) is 3.02. The molecule has 2 atom stereocenters. The van der Waals surface area contributed by atoms with E-state index in [9.17, 15) is 4.79 Å². The summed E-state index contributed by atoms with van der Waals surface area (Å²) in [7, 11) is 0. The van der Waals surface area contributed by atoms with E-state index in [-0.39, 0.29) is 0 Å². The predicted molar refractivity (Wildman–Crippen MR) is 57.1 cm³/mol. The Balaban J connectivity index is 1.86. The molecule has 0 amide bonds. The Morgan fingerprint density at radius 3 is 2.57 bits per heavy atom. The summed E-state index contributed by atoms with van der Waals surface area (Å²) in [6, 6.07) is 1.26. The number of hydrogen-bond donors (Lipinski definition) is 1. The van der Waals surface area contributed by atoms with Crippen molar-refractivity contribution in [3.05, 3.63) is 12.7 Å². The standard InChI is InChI=1S/C12H19NO/c1-2-3-4-12(14)9-7-10-5-6-11(8-9)13-10/h2,9-11,13H,1,3-8H2. The summed E-state index contributed by atoms with van der Waals surface area (Å²) in [4.78, 5) is 11.8. The van der Waals surface area contributed by atoms with Gasteiger partial charge in [-0.15, -0.1) is 6.58 Å². The molecule has 0 aliphatic carbocycles. The lowest BCUT2D eigenvalue weighted by Crippen LogP contribution is -2.40. The summed E-state index contributed by atoms with van der Waals surface area (Å²) in [6.07, 6.45) is 8.09. The second-order valence-corrected chi connectivity index (χ2v) is 4.60. The third-order valence-electron chi connectivity index (χ3n) is 3.52. The quantitative estimate of drug-likeness (QED) is 0.692. The molecule has 2 unspecified atom stereocenters. The maximum atomic E-state index is 11.8. The zero-order chi connectivity index (χ0) is 9.97. The summed E-state index contributed by atoms with van der Waals surface area (Å²) >= 11 is 0. The van der Waals surface area contributed by atoms with E-state index in [1.54, 1.807) is 0 Å². The molecule has 2 aliphatic rings. The molecule has 0 spiro atoms. The molecule has 0 saturated carbocycles. The van der Waals surface area contributed by atoms with Crippen LogP contribution < -0.4 is 5.32 Å². The fourth-order valence-corrected chi connectivity index (χ4v) is 2.77. The molecule has 2 saturated heterocycles. The van der Waals surface area contributed by atoms with Crippen LogP contribution in [0.2, 0.25) is 0 Å². The Morgan fingerprint density at radius 2 is 2.00 bits per heavy atom. The average Bonchev–Trinajstić information content (AvgIpc) is 2.54. The third-order valence-corrected chi connectivity index (χ3v) is 3.52. The van der Waals surface area contributed by atoms with Crippen molar-refractivity contribution in [3.8, 4) is 0 Å². The number of carbonyl (C=O) groups is 1. The molecule has 78 valence electrons. The number of piperidine rings is 1. The van der Waals surface area contributed by atoms with Gasteiger partial charge in [0.25, 0.3) is 0 Å². The zero-order valence-corrected chi connectivity index (χ0v) is 8.67. The number of Topliss-reactive ketones (excluding diaryl/α,β-unsaturated/α-hetero) is 1. The van der Waals surface area contributed by atoms with E-state index in [4.69, 9.17) is 0 Å². The number of carbonyl (C=O) groups excluding carboxylic acids is 1. The first-order valence-corrected chi connectivity index (χ1v) is 5.69. The Bertz CT molecular complexity index is 224. The Hall–Kier alpha value is -0.630. The maximum Gasteiger partial charge on any atom is 0.136 e. The van der Waals surface area contributed by atoms with Crippen molar-refractivity contribution in [2.75, 3.05) is 0 Å². The van der Waals surface area contributed by atoms with Crippen LogP contribution >= 0.6 is 0 Å². The molecular weight excluding hydrogens is 174 g/mol. The second kappa shape index (κ2) is 4.26. The van der Waals surface area contributed by atoms with E-state index in [0.29, 0.717) is 30.2 Å². The van der Waals surface area contributed by atoms with Crippen molar-refractivity contribution in [3.63, 3.8) is 0 Å². The summed E-state index contributed by atoms with van der Waals surface area (Å²) in [5, 5.41) is 3.56. The van der Waals surface area contributed by atoms with Gasteiger partial charge in [-0.3, -0.25) is 4.79 Å². The highest BCUT2D eigenvalue weighted by Gasteiger charge is 2.35. The largest absolute Gasteiger partial charge is 0.311 e. The first-order chi connectivity index (χ1) is 6.79. The molecule has 2 aliphatic heterocycles. The molecule has 14 heavy (non-hydrogen) atoms. The summed E-state index contributed by atoms with van der Waals surface area (Å²) in [6.45, 7) is 3.66. The fraction of sp³-hybridized carbons (Fsp3) is 0.750. The molecule has 2 nitrogen and oxygen atoms in total. The fourth-order valence-electron chi connectivity index (χ4n) is 2.77. The highest BCUT2D eigenvalue weighted by Crippen LogP contribution is 2.32. The molecule has 0 aromatic carbocycles. The number of allylic oxidation sites excluding steroid dienone is 1. The Labute approximate surface area is 85.8 Å². The van der Waals surface area contributed by atoms with Crippen LogP contribution in [0.25, 0.3) is 0 Å². The van der Waals surface area contributed by atoms with Gasteiger partial charge >= 0.3 is 0 Å². The van der Waals surface area contributed by atoms with Crippen LogP contribution in [-0.4, -0.2) is 17.9 Å². The minimum atomic E-state index is 0.341. The molecule has 2 heteroatoms. The van der Waals surface area contributed by atoms with Crippen molar-refractivity contribution < 1.29 is 4.79 Å². The lowest BCUT2D eigenvalue weighted by molar-refractivity contribution is -0.124. The second-order valence-electron chi connectivity index (χ2n) is 4.60. The predicted octanol–water partition coefficient (Wildman–Crippen LogP) is 2.05. The molecule has 0 aromatic rings. The van der Waals surface area contributed by atoms with Gasteiger partial charge < -0.3 is 5.32 Å². The topological polar surface area (TPSA) is 29.1 Å². The van der Waals surface area contributed by atoms with Gasteiger partial charge in [0, 0.05) is 24.4 Å². The van der Waals surface area contributed by atoms with Gasteiger partial charge in [0.2, 0.25) is 0 Å². The zero-order valence-electron chi connectivity index (χ0n) is 8.67. The van der Waals surface area contributed by atoms with Crippen molar-refractivity contribution >= 4 is 5.78 Å². The lowest BCUT2D eigenvalue weighted by Gasteiger charge is -2.27. The van der Waals surface area contributed by atoms with Crippen LogP contribution in [0.5, 0.6) is 0 Å². The number of fused-ring (bicyclic) bond motifs is 2. The van der Waals surface area contributed by atoms with Gasteiger partial charge in [-0.1, -0.05) is 6.08 Å². The molecule has 1 N–H and O–H groups in total. The van der Waals surface area contributed by atoms with Gasteiger partial charge in [0.05, 0.1) is 0 Å². The van der Waals surface area contributed by atoms with E-state index in [2.05, 4.69) is 11.9 Å². The van der Waals surface area contributed by atoms with Crippen molar-refractivity contribution in [1.82, 2.24) is 5.32 Å². The molecule has 2 heterocycles. The van der Waals surface area contributed by atoms with Crippen LogP contribution in [0.3, 0.4) is 0 Å². The molecule has 0 aromatic heterocycles. The first-order valence-electron chi connectivity index (χ1n) is 5.69. The van der Waals surface area contributed by atoms with E-state index < -0.39 is 0 Å². The molecule has 2 bridgehead atoms. The van der Waals surface area contributed by atoms with Crippen LogP contribution in [0.1, 0.15) is 38.5 Å². The van der Waals surface area contributed by atoms with Crippen LogP contribution in [0, 0.1) is 5.92 Å². The van der Waals surface area contributed by atoms with Gasteiger partial charge in [-0.05, 0) is 32.1 Å². The smallest absolute Gasteiger partial charge is 0.136 e. The van der Waals surface area contributed by atoms with Crippen LogP contribution in [-0.2, 0) is 4.79 Å². The molecule has 2 fully saturated rings. The van der Waals surface area contributed by atoms with Gasteiger partial charge in [-0.25, -0.2) is 0 Å². The number of rotatable bonds is 4. The van der Waals surface area contributed by atoms with Crippen molar-refractivity contribution in [1.29, 1.82) is 0 Å². The highest BCUT2D eigenvalue weighted by atomic mass is 16.1. The normalized spacial score (nSPS) is 35.6. The van der Waals surface area contributed by atoms with Crippen molar-refractivity contribution in [2.45, 2.75) is 50.6 Å². The minimum absolute atomic E-state index is 0.341. The van der Waals surface area contributed by atoms with E-state index in [0.717, 1.165) is 19.3 Å². The molecule has 2 rings (SSSR count). The van der Waals surface area contributed by atoms with Gasteiger partial charge in [0.1, 0.15) is 5.78 Å². The highest BCUT2D eigenvalue weighted by molar-refractivity contribution is 5.81. The maximum absolute atomic E-state index is 11.8. The summed E-state index contributed by atoms with van der Waals surface area (Å²) < 4.78 is 0. The average molecular weight is 193 g/mol. The minimum Gasteiger partial charge on any atom is -0.311 e. The summed E-state index contributed by atoms with van der Waals surface area (Å²) in [5.41, 5.74) is 0. The van der Waals surface area contributed by atoms with Gasteiger partial charge in [-0.2, -0.15) is 0 Å². The Morgan fingerprint density at radius 1 is 1.36 bits per heavy atom. The van der Waals surface area contributed by atoms with Gasteiger partial charge in [0.15, 0.2) is 0 Å². The monoisotopic (exact) mass is 193 g/mol.